The van der Waals surface area contributed by atoms with E-state index in [2.05, 4.69) is 28.3 Å². The molecule has 0 aromatic heterocycles. The van der Waals surface area contributed by atoms with Crippen LogP contribution in [-0.4, -0.2) is 63.7 Å². The number of para-hydroxylation sites is 1. The molecule has 3 rings (SSSR count). The van der Waals surface area contributed by atoms with Crippen LogP contribution >= 0.6 is 24.0 Å². The molecule has 0 aliphatic carbocycles. The Balaban J connectivity index is 0.00000261. The average molecular weight is 486 g/mol. The Morgan fingerprint density at radius 3 is 2.96 bits per heavy atom. The fourth-order valence-electron chi connectivity index (χ4n) is 3.76. The zero-order chi connectivity index (χ0) is 18.4. The van der Waals surface area contributed by atoms with Crippen molar-refractivity contribution in [3.63, 3.8) is 0 Å². The van der Waals surface area contributed by atoms with E-state index in [-0.39, 0.29) is 29.9 Å². The molecule has 0 radical (unpaired) electrons. The van der Waals surface area contributed by atoms with Gasteiger partial charge in [-0.25, -0.2) is 0 Å². The quantitative estimate of drug-likeness (QED) is 0.291. The van der Waals surface area contributed by atoms with Gasteiger partial charge in [0.25, 0.3) is 0 Å². The summed E-state index contributed by atoms with van der Waals surface area (Å²) in [5, 5.41) is 3.37. The van der Waals surface area contributed by atoms with Crippen molar-refractivity contribution in [2.45, 2.75) is 25.7 Å². The maximum absolute atomic E-state index is 12.5. The van der Waals surface area contributed by atoms with E-state index in [4.69, 9.17) is 4.74 Å². The number of guanidine groups is 1. The molecular weight excluding hydrogens is 455 g/mol. The van der Waals surface area contributed by atoms with Crippen molar-refractivity contribution in [3.8, 4) is 0 Å². The molecule has 1 unspecified atom stereocenters. The van der Waals surface area contributed by atoms with Gasteiger partial charge in [-0.2, -0.15) is 0 Å². The molecule has 27 heavy (non-hydrogen) atoms. The first-order valence-electron chi connectivity index (χ1n) is 9.57. The summed E-state index contributed by atoms with van der Waals surface area (Å²) in [7, 11) is 3.86. The summed E-state index contributed by atoms with van der Waals surface area (Å²) in [5.74, 6) is 1.68. The highest BCUT2D eigenvalue weighted by Gasteiger charge is 2.23. The predicted octanol–water partition coefficient (Wildman–Crippen LogP) is 2.52. The Hall–Kier alpha value is -1.35. The number of hydrogen-bond donors (Lipinski definition) is 1. The zero-order valence-corrected chi connectivity index (χ0v) is 18.6. The van der Waals surface area contributed by atoms with Crippen LogP contribution in [0.3, 0.4) is 0 Å². The topological polar surface area (TPSA) is 57.2 Å². The fourth-order valence-corrected chi connectivity index (χ4v) is 3.76. The lowest BCUT2D eigenvalue weighted by Gasteiger charge is -2.24. The lowest BCUT2D eigenvalue weighted by molar-refractivity contribution is -0.118. The van der Waals surface area contributed by atoms with Gasteiger partial charge in [-0.05, 0) is 30.9 Å². The minimum absolute atomic E-state index is 0. The second-order valence-electron chi connectivity index (χ2n) is 7.11. The smallest absolute Gasteiger partial charge is 0.227 e. The van der Waals surface area contributed by atoms with Gasteiger partial charge >= 0.3 is 0 Å². The van der Waals surface area contributed by atoms with Crippen LogP contribution in [0, 0.1) is 5.92 Å². The summed E-state index contributed by atoms with van der Waals surface area (Å²) >= 11 is 0. The summed E-state index contributed by atoms with van der Waals surface area (Å²) in [5.41, 5.74) is 2.36. The number of anilines is 1. The maximum Gasteiger partial charge on any atom is 0.227 e. The van der Waals surface area contributed by atoms with Gasteiger partial charge in [-0.1, -0.05) is 18.2 Å². The van der Waals surface area contributed by atoms with Crippen molar-refractivity contribution >= 4 is 41.5 Å². The van der Waals surface area contributed by atoms with E-state index in [0.717, 1.165) is 63.8 Å². The third-order valence-electron chi connectivity index (χ3n) is 5.17. The number of ether oxygens (including phenoxy) is 1. The van der Waals surface area contributed by atoms with Crippen molar-refractivity contribution < 1.29 is 9.53 Å². The van der Waals surface area contributed by atoms with Gasteiger partial charge in [0.2, 0.25) is 5.91 Å². The van der Waals surface area contributed by atoms with Crippen LogP contribution in [0.4, 0.5) is 5.69 Å². The number of nitrogens with zero attached hydrogens (tertiary/aromatic N) is 3. The lowest BCUT2D eigenvalue weighted by Crippen LogP contribution is -2.42. The molecule has 6 nitrogen and oxygen atoms in total. The maximum atomic E-state index is 12.5. The van der Waals surface area contributed by atoms with E-state index < -0.39 is 0 Å². The van der Waals surface area contributed by atoms with Crippen molar-refractivity contribution in [2.75, 3.05) is 51.8 Å². The molecule has 1 saturated heterocycles. The van der Waals surface area contributed by atoms with Gasteiger partial charge in [-0.3, -0.25) is 9.79 Å². The number of amides is 1. The standard InChI is InChI=1S/C20H30N4O2.HI/c1-21-20(23(2)14-16-10-13-26-15-16)22-11-5-8-19(25)24-12-9-17-6-3-4-7-18(17)24;/h3-4,6-7,16H,5,8-15H2,1-2H3,(H,21,22);1H. The zero-order valence-electron chi connectivity index (χ0n) is 16.3. The van der Waals surface area contributed by atoms with E-state index in [0.29, 0.717) is 12.3 Å². The summed E-state index contributed by atoms with van der Waals surface area (Å²) in [6.07, 6.45) is 3.44. The first-order chi connectivity index (χ1) is 12.7. The van der Waals surface area contributed by atoms with Crippen LogP contribution in [0.25, 0.3) is 0 Å². The number of benzene rings is 1. The molecule has 0 saturated carbocycles. The van der Waals surface area contributed by atoms with E-state index in [1.807, 2.05) is 23.1 Å². The third-order valence-corrected chi connectivity index (χ3v) is 5.17. The molecule has 1 amide bonds. The fraction of sp³-hybridized carbons (Fsp3) is 0.600. The minimum Gasteiger partial charge on any atom is -0.381 e. The molecule has 1 fully saturated rings. The lowest BCUT2D eigenvalue weighted by atomic mass is 10.1. The molecule has 1 aromatic carbocycles. The molecular formula is C20H31IN4O2. The molecule has 0 bridgehead atoms. The van der Waals surface area contributed by atoms with Crippen molar-refractivity contribution in [2.24, 2.45) is 10.9 Å². The minimum atomic E-state index is 0. The van der Waals surface area contributed by atoms with Crippen LogP contribution in [0.5, 0.6) is 0 Å². The Morgan fingerprint density at radius 1 is 1.41 bits per heavy atom. The number of carbonyl (C=O) groups excluding carboxylic acids is 1. The van der Waals surface area contributed by atoms with E-state index >= 15 is 0 Å². The van der Waals surface area contributed by atoms with Gasteiger partial charge in [0.1, 0.15) is 0 Å². The highest BCUT2D eigenvalue weighted by Crippen LogP contribution is 2.27. The van der Waals surface area contributed by atoms with Crippen LogP contribution in [-0.2, 0) is 16.0 Å². The number of rotatable bonds is 6. The van der Waals surface area contributed by atoms with Gasteiger partial charge in [0.05, 0.1) is 6.61 Å². The summed E-state index contributed by atoms with van der Waals surface area (Å²) < 4.78 is 5.44. The monoisotopic (exact) mass is 486 g/mol. The molecule has 0 spiro atoms. The number of fused-ring (bicyclic) bond motifs is 1. The number of nitrogens with one attached hydrogen (secondary N) is 1. The summed E-state index contributed by atoms with van der Waals surface area (Å²) in [6.45, 7) is 4.21. The molecule has 150 valence electrons. The first kappa shape index (κ1) is 21.9. The van der Waals surface area contributed by atoms with Crippen LogP contribution < -0.4 is 10.2 Å². The van der Waals surface area contributed by atoms with E-state index in [1.54, 1.807) is 7.05 Å². The SMILES string of the molecule is CN=C(NCCCC(=O)N1CCc2ccccc21)N(C)CC1CCOC1.I. The molecule has 2 aliphatic heterocycles. The Morgan fingerprint density at radius 2 is 2.22 bits per heavy atom. The summed E-state index contributed by atoms with van der Waals surface area (Å²) in [6, 6.07) is 8.19. The first-order valence-corrected chi connectivity index (χ1v) is 9.57. The second-order valence-corrected chi connectivity index (χ2v) is 7.11. The highest BCUT2D eigenvalue weighted by molar-refractivity contribution is 14.0. The van der Waals surface area contributed by atoms with Crippen LogP contribution in [0.2, 0.25) is 0 Å². The summed E-state index contributed by atoms with van der Waals surface area (Å²) in [4.78, 5) is 21.0. The normalized spacial score (nSPS) is 18.8. The molecule has 1 aromatic rings. The van der Waals surface area contributed by atoms with E-state index in [1.165, 1.54) is 5.56 Å². The number of hydrogen-bond acceptors (Lipinski definition) is 3. The van der Waals surface area contributed by atoms with Gasteiger partial charge in [0.15, 0.2) is 5.96 Å². The number of halogens is 1. The second kappa shape index (κ2) is 10.8. The largest absolute Gasteiger partial charge is 0.381 e. The molecule has 7 heteroatoms. The number of carbonyl (C=O) groups is 1. The predicted molar refractivity (Wildman–Crippen MR) is 120 cm³/mol. The average Bonchev–Trinajstić information content (AvgIpc) is 3.31. The van der Waals surface area contributed by atoms with Gasteiger partial charge < -0.3 is 19.9 Å². The number of aliphatic imine (C=N–C) groups is 1. The Labute approximate surface area is 179 Å². The molecule has 2 heterocycles. The molecule has 2 aliphatic rings. The van der Waals surface area contributed by atoms with Crippen LogP contribution in [0.15, 0.2) is 29.3 Å². The van der Waals surface area contributed by atoms with Crippen LogP contribution in [0.1, 0.15) is 24.8 Å². The van der Waals surface area contributed by atoms with Crippen molar-refractivity contribution in [1.82, 2.24) is 10.2 Å². The Kier molecular flexibility index (Phi) is 8.82. The Bertz CT molecular complexity index is 647. The highest BCUT2D eigenvalue weighted by atomic mass is 127. The third kappa shape index (κ3) is 5.81. The van der Waals surface area contributed by atoms with Gasteiger partial charge in [0, 0.05) is 58.4 Å². The molecule has 1 N–H and O–H groups in total. The van der Waals surface area contributed by atoms with Gasteiger partial charge in [-0.15, -0.1) is 24.0 Å². The molecule has 1 atom stereocenters. The van der Waals surface area contributed by atoms with E-state index in [9.17, 15) is 4.79 Å². The van der Waals surface area contributed by atoms with Crippen molar-refractivity contribution in [3.05, 3.63) is 29.8 Å². The van der Waals surface area contributed by atoms with Crippen molar-refractivity contribution in [1.29, 1.82) is 0 Å².